The summed E-state index contributed by atoms with van der Waals surface area (Å²) in [6.07, 6.45) is 3.45. The van der Waals surface area contributed by atoms with Gasteiger partial charge in [-0.3, -0.25) is 4.79 Å². The molecule has 0 amide bonds. The van der Waals surface area contributed by atoms with E-state index in [1.54, 1.807) is 12.3 Å². The molecule has 15 heavy (non-hydrogen) atoms. The molecule has 0 atom stereocenters. The van der Waals surface area contributed by atoms with Crippen LogP contribution in [0.5, 0.6) is 0 Å². The minimum Gasteiger partial charge on any atom is -0.477 e. The van der Waals surface area contributed by atoms with Crippen LogP contribution in [0.1, 0.15) is 24.2 Å². The average Bonchev–Trinajstić information content (AvgIpc) is 2.15. The molecule has 0 aliphatic carbocycles. The van der Waals surface area contributed by atoms with E-state index < -0.39 is 11.5 Å². The van der Waals surface area contributed by atoms with E-state index in [0.29, 0.717) is 6.54 Å². The predicted molar refractivity (Wildman–Crippen MR) is 57.1 cm³/mol. The zero-order valence-corrected chi connectivity index (χ0v) is 8.73. The summed E-state index contributed by atoms with van der Waals surface area (Å²) in [5.41, 5.74) is 0.421. The van der Waals surface area contributed by atoms with Gasteiger partial charge in [0.05, 0.1) is 0 Å². The van der Waals surface area contributed by atoms with Gasteiger partial charge in [0, 0.05) is 12.7 Å². The molecule has 0 radical (unpaired) electrons. The van der Waals surface area contributed by atoms with Gasteiger partial charge >= 0.3 is 5.97 Å². The van der Waals surface area contributed by atoms with Crippen molar-refractivity contribution in [2.75, 3.05) is 0 Å². The van der Waals surface area contributed by atoms with Crippen molar-refractivity contribution in [3.63, 3.8) is 0 Å². The van der Waals surface area contributed by atoms with Crippen LogP contribution in [-0.2, 0) is 6.54 Å². The Morgan fingerprint density at radius 2 is 2.20 bits per heavy atom. The second-order valence-corrected chi connectivity index (χ2v) is 3.47. The van der Waals surface area contributed by atoms with Crippen molar-refractivity contribution in [3.8, 4) is 0 Å². The molecule has 0 bridgehead atoms. The Labute approximate surface area is 87.5 Å². The fourth-order valence-electron chi connectivity index (χ4n) is 1.12. The van der Waals surface area contributed by atoms with E-state index in [2.05, 4.69) is 0 Å². The third-order valence-corrected chi connectivity index (χ3v) is 1.95. The van der Waals surface area contributed by atoms with Crippen molar-refractivity contribution in [3.05, 3.63) is 45.9 Å². The second kappa shape index (κ2) is 4.59. The standard InChI is InChI=1S/C11H13NO3/c1-8(2)5-7-12-6-3-4-9(10(12)13)11(14)15/h3-6H,7H2,1-2H3,(H,14,15). The van der Waals surface area contributed by atoms with Crippen LogP contribution in [0.15, 0.2) is 34.8 Å². The van der Waals surface area contributed by atoms with Crippen molar-refractivity contribution < 1.29 is 9.90 Å². The van der Waals surface area contributed by atoms with Crippen molar-refractivity contribution in [2.45, 2.75) is 20.4 Å². The van der Waals surface area contributed by atoms with Gasteiger partial charge in [-0.25, -0.2) is 4.79 Å². The van der Waals surface area contributed by atoms with Crippen LogP contribution in [0.4, 0.5) is 0 Å². The molecule has 1 heterocycles. The van der Waals surface area contributed by atoms with Crippen molar-refractivity contribution in [1.29, 1.82) is 0 Å². The summed E-state index contributed by atoms with van der Waals surface area (Å²) >= 11 is 0. The van der Waals surface area contributed by atoms with Gasteiger partial charge in [0.2, 0.25) is 0 Å². The van der Waals surface area contributed by atoms with Gasteiger partial charge in [-0.1, -0.05) is 11.6 Å². The number of carboxylic acid groups (broad SMARTS) is 1. The first kappa shape index (κ1) is 11.2. The van der Waals surface area contributed by atoms with E-state index in [9.17, 15) is 9.59 Å². The van der Waals surface area contributed by atoms with Crippen molar-refractivity contribution >= 4 is 5.97 Å². The Hall–Kier alpha value is -1.84. The highest BCUT2D eigenvalue weighted by atomic mass is 16.4. The van der Waals surface area contributed by atoms with E-state index in [0.717, 1.165) is 5.57 Å². The first-order valence-electron chi connectivity index (χ1n) is 4.58. The molecule has 0 aromatic carbocycles. The van der Waals surface area contributed by atoms with Gasteiger partial charge < -0.3 is 9.67 Å². The number of nitrogens with zero attached hydrogens (tertiary/aromatic N) is 1. The molecule has 4 nitrogen and oxygen atoms in total. The molecule has 0 aliphatic heterocycles. The third kappa shape index (κ3) is 2.80. The Bertz CT molecular complexity index is 453. The Morgan fingerprint density at radius 1 is 1.53 bits per heavy atom. The Balaban J connectivity index is 3.11. The lowest BCUT2D eigenvalue weighted by atomic mass is 10.2. The maximum Gasteiger partial charge on any atom is 0.341 e. The van der Waals surface area contributed by atoms with Gasteiger partial charge in [-0.15, -0.1) is 0 Å². The minimum atomic E-state index is -1.19. The lowest BCUT2D eigenvalue weighted by Crippen LogP contribution is -2.25. The first-order valence-corrected chi connectivity index (χ1v) is 4.58. The molecule has 0 unspecified atom stereocenters. The van der Waals surface area contributed by atoms with Gasteiger partial charge in [-0.2, -0.15) is 0 Å². The largest absolute Gasteiger partial charge is 0.477 e. The number of allylic oxidation sites excluding steroid dienone is 2. The van der Waals surface area contributed by atoms with E-state index in [-0.39, 0.29) is 5.56 Å². The highest BCUT2D eigenvalue weighted by molar-refractivity contribution is 5.86. The van der Waals surface area contributed by atoms with Gasteiger partial charge in [0.1, 0.15) is 5.56 Å². The smallest absolute Gasteiger partial charge is 0.341 e. The van der Waals surface area contributed by atoms with Crippen molar-refractivity contribution in [2.24, 2.45) is 0 Å². The highest BCUT2D eigenvalue weighted by Gasteiger charge is 2.08. The maximum absolute atomic E-state index is 11.6. The van der Waals surface area contributed by atoms with E-state index >= 15 is 0 Å². The minimum absolute atomic E-state index is 0.195. The number of carboxylic acids is 1. The molecule has 0 spiro atoms. The SMILES string of the molecule is CC(C)=CCn1cccc(C(=O)O)c1=O. The molecular weight excluding hydrogens is 194 g/mol. The van der Waals surface area contributed by atoms with Crippen LogP contribution in [0.3, 0.4) is 0 Å². The fraction of sp³-hybridized carbons (Fsp3) is 0.273. The Kier molecular flexibility index (Phi) is 3.44. The number of carbonyl (C=O) groups is 1. The number of pyridine rings is 1. The number of rotatable bonds is 3. The first-order chi connectivity index (χ1) is 7.02. The molecule has 80 valence electrons. The number of aromatic nitrogens is 1. The monoisotopic (exact) mass is 207 g/mol. The Morgan fingerprint density at radius 3 is 2.73 bits per heavy atom. The lowest BCUT2D eigenvalue weighted by Gasteiger charge is -2.03. The summed E-state index contributed by atoms with van der Waals surface area (Å²) in [5, 5.41) is 8.74. The summed E-state index contributed by atoms with van der Waals surface area (Å²) in [6.45, 7) is 4.25. The molecule has 4 heteroatoms. The maximum atomic E-state index is 11.6. The van der Waals surface area contributed by atoms with Gasteiger partial charge in [0.15, 0.2) is 0 Å². The molecule has 0 saturated heterocycles. The van der Waals surface area contributed by atoms with Crippen LogP contribution in [0.2, 0.25) is 0 Å². The molecular formula is C11H13NO3. The number of hydrogen-bond donors (Lipinski definition) is 1. The second-order valence-electron chi connectivity index (χ2n) is 3.47. The molecule has 1 rings (SSSR count). The summed E-state index contributed by atoms with van der Waals surface area (Å²) in [4.78, 5) is 22.3. The topological polar surface area (TPSA) is 59.3 Å². The van der Waals surface area contributed by atoms with Gasteiger partial charge in [-0.05, 0) is 26.0 Å². The predicted octanol–water partition coefficient (Wildman–Crippen LogP) is 1.51. The van der Waals surface area contributed by atoms with Crippen LogP contribution in [0.25, 0.3) is 0 Å². The van der Waals surface area contributed by atoms with E-state index in [1.165, 1.54) is 10.6 Å². The van der Waals surface area contributed by atoms with Crippen LogP contribution < -0.4 is 5.56 Å². The van der Waals surface area contributed by atoms with Crippen molar-refractivity contribution in [1.82, 2.24) is 4.57 Å². The molecule has 0 fully saturated rings. The molecule has 1 aromatic rings. The fourth-order valence-corrected chi connectivity index (χ4v) is 1.12. The quantitative estimate of drug-likeness (QED) is 0.764. The van der Waals surface area contributed by atoms with Crippen LogP contribution >= 0.6 is 0 Å². The summed E-state index contributed by atoms with van der Waals surface area (Å²) in [7, 11) is 0. The lowest BCUT2D eigenvalue weighted by molar-refractivity contribution is 0.0694. The van der Waals surface area contributed by atoms with Crippen LogP contribution in [0, 0.1) is 0 Å². The van der Waals surface area contributed by atoms with Crippen LogP contribution in [-0.4, -0.2) is 15.6 Å². The molecule has 1 aromatic heterocycles. The highest BCUT2D eigenvalue weighted by Crippen LogP contribution is 1.94. The average molecular weight is 207 g/mol. The normalized spacial score (nSPS) is 9.73. The van der Waals surface area contributed by atoms with Gasteiger partial charge in [0.25, 0.3) is 5.56 Å². The molecule has 0 saturated carbocycles. The third-order valence-electron chi connectivity index (χ3n) is 1.95. The van der Waals surface area contributed by atoms with E-state index in [4.69, 9.17) is 5.11 Å². The zero-order chi connectivity index (χ0) is 11.4. The zero-order valence-electron chi connectivity index (χ0n) is 8.73. The summed E-state index contributed by atoms with van der Waals surface area (Å²) < 4.78 is 1.37. The number of hydrogen-bond acceptors (Lipinski definition) is 2. The molecule has 1 N–H and O–H groups in total. The van der Waals surface area contributed by atoms with E-state index in [1.807, 2.05) is 19.9 Å². The number of aromatic carboxylic acids is 1. The summed E-state index contributed by atoms with van der Waals surface area (Å²) in [6, 6.07) is 2.87. The molecule has 0 aliphatic rings. The summed E-state index contributed by atoms with van der Waals surface area (Å²) in [5.74, 6) is -1.19.